The molecule has 0 saturated carbocycles. The summed E-state index contributed by atoms with van der Waals surface area (Å²) in [6, 6.07) is 11.9. The van der Waals surface area contributed by atoms with Crippen molar-refractivity contribution in [3.05, 3.63) is 64.3 Å². The second-order valence-corrected chi connectivity index (χ2v) is 4.12. The predicted molar refractivity (Wildman–Crippen MR) is 74.8 cm³/mol. The SMILES string of the molecule is O=C(CCNc1ccc([N+](=O)[O-])cn1)c1ccccc1. The van der Waals surface area contributed by atoms with E-state index in [2.05, 4.69) is 10.3 Å². The molecule has 0 aliphatic carbocycles. The maximum absolute atomic E-state index is 11.8. The van der Waals surface area contributed by atoms with Gasteiger partial charge in [-0.05, 0) is 6.07 Å². The quantitative estimate of drug-likeness (QED) is 0.496. The van der Waals surface area contributed by atoms with Gasteiger partial charge in [-0.3, -0.25) is 14.9 Å². The molecule has 0 unspecified atom stereocenters. The molecule has 102 valence electrons. The summed E-state index contributed by atoms with van der Waals surface area (Å²) in [4.78, 5) is 25.7. The van der Waals surface area contributed by atoms with Gasteiger partial charge >= 0.3 is 0 Å². The highest BCUT2D eigenvalue weighted by molar-refractivity contribution is 5.96. The highest BCUT2D eigenvalue weighted by Gasteiger charge is 2.06. The summed E-state index contributed by atoms with van der Waals surface area (Å²) in [5.74, 6) is 0.552. The van der Waals surface area contributed by atoms with Crippen LogP contribution in [0.5, 0.6) is 0 Å². The molecule has 0 fully saturated rings. The number of rotatable bonds is 6. The second-order valence-electron chi connectivity index (χ2n) is 4.12. The van der Waals surface area contributed by atoms with Gasteiger partial charge in [0, 0.05) is 24.6 Å². The lowest BCUT2D eigenvalue weighted by Gasteiger charge is -2.04. The van der Waals surface area contributed by atoms with E-state index < -0.39 is 4.92 Å². The molecule has 0 bridgehead atoms. The predicted octanol–water partition coefficient (Wildman–Crippen LogP) is 2.67. The third-order valence-corrected chi connectivity index (χ3v) is 2.71. The average Bonchev–Trinajstić information content (AvgIpc) is 2.48. The smallest absolute Gasteiger partial charge is 0.287 e. The Balaban J connectivity index is 1.84. The van der Waals surface area contributed by atoms with Gasteiger partial charge in [-0.2, -0.15) is 0 Å². The van der Waals surface area contributed by atoms with E-state index >= 15 is 0 Å². The number of ketones is 1. The fourth-order valence-corrected chi connectivity index (χ4v) is 1.67. The highest BCUT2D eigenvalue weighted by atomic mass is 16.6. The number of nitrogens with one attached hydrogen (secondary N) is 1. The number of carbonyl (C=O) groups excluding carboxylic acids is 1. The minimum Gasteiger partial charge on any atom is -0.370 e. The zero-order valence-electron chi connectivity index (χ0n) is 10.7. The van der Waals surface area contributed by atoms with Crippen LogP contribution in [-0.2, 0) is 0 Å². The van der Waals surface area contributed by atoms with E-state index in [0.717, 1.165) is 0 Å². The molecule has 1 heterocycles. The number of hydrogen-bond acceptors (Lipinski definition) is 5. The number of hydrogen-bond donors (Lipinski definition) is 1. The first-order chi connectivity index (χ1) is 9.66. The standard InChI is InChI=1S/C14H13N3O3/c18-13(11-4-2-1-3-5-11)8-9-15-14-7-6-12(10-16-14)17(19)20/h1-7,10H,8-9H2,(H,15,16). The van der Waals surface area contributed by atoms with Crippen LogP contribution in [0.3, 0.4) is 0 Å². The number of nitro groups is 1. The summed E-state index contributed by atoms with van der Waals surface area (Å²) < 4.78 is 0. The van der Waals surface area contributed by atoms with Crippen LogP contribution in [0.2, 0.25) is 0 Å². The molecule has 1 N–H and O–H groups in total. The zero-order chi connectivity index (χ0) is 14.4. The lowest BCUT2D eigenvalue weighted by molar-refractivity contribution is -0.385. The molecule has 0 aliphatic heterocycles. The van der Waals surface area contributed by atoms with E-state index in [1.54, 1.807) is 12.1 Å². The number of pyridine rings is 1. The number of Topliss-reactive ketones (excluding diaryl/α,β-unsaturated/α-hetero) is 1. The van der Waals surface area contributed by atoms with E-state index in [1.807, 2.05) is 18.2 Å². The van der Waals surface area contributed by atoms with Crippen molar-refractivity contribution in [2.75, 3.05) is 11.9 Å². The Labute approximate surface area is 115 Å². The van der Waals surface area contributed by atoms with Gasteiger partial charge in [-0.1, -0.05) is 30.3 Å². The van der Waals surface area contributed by atoms with E-state index in [9.17, 15) is 14.9 Å². The molecule has 20 heavy (non-hydrogen) atoms. The Morgan fingerprint density at radius 1 is 1.20 bits per heavy atom. The van der Waals surface area contributed by atoms with Crippen LogP contribution >= 0.6 is 0 Å². The van der Waals surface area contributed by atoms with Gasteiger partial charge in [0.25, 0.3) is 5.69 Å². The van der Waals surface area contributed by atoms with E-state index in [4.69, 9.17) is 0 Å². The number of benzene rings is 1. The van der Waals surface area contributed by atoms with Crippen LogP contribution in [0, 0.1) is 10.1 Å². The van der Waals surface area contributed by atoms with Crippen molar-refractivity contribution >= 4 is 17.3 Å². The number of nitrogens with zero attached hydrogens (tertiary/aromatic N) is 2. The van der Waals surface area contributed by atoms with Gasteiger partial charge in [0.1, 0.15) is 12.0 Å². The van der Waals surface area contributed by atoms with Gasteiger partial charge in [-0.25, -0.2) is 4.98 Å². The maximum Gasteiger partial charge on any atom is 0.287 e. The van der Waals surface area contributed by atoms with Crippen LogP contribution in [0.25, 0.3) is 0 Å². The average molecular weight is 271 g/mol. The lowest BCUT2D eigenvalue weighted by atomic mass is 10.1. The zero-order valence-corrected chi connectivity index (χ0v) is 10.7. The molecule has 0 aliphatic rings. The molecule has 0 amide bonds. The van der Waals surface area contributed by atoms with Crippen molar-refractivity contribution in [1.29, 1.82) is 0 Å². The Kier molecular flexibility index (Phi) is 4.39. The molecule has 1 aromatic heterocycles. The Hall–Kier alpha value is -2.76. The first-order valence-electron chi connectivity index (χ1n) is 6.09. The molecule has 6 heteroatoms. The molecule has 6 nitrogen and oxygen atoms in total. The Morgan fingerprint density at radius 2 is 1.95 bits per heavy atom. The summed E-state index contributed by atoms with van der Waals surface area (Å²) in [5.41, 5.74) is 0.613. The van der Waals surface area contributed by atoms with Crippen LogP contribution < -0.4 is 5.32 Å². The van der Waals surface area contributed by atoms with Crippen molar-refractivity contribution in [2.45, 2.75) is 6.42 Å². The van der Waals surface area contributed by atoms with Gasteiger partial charge in [-0.15, -0.1) is 0 Å². The molecule has 2 aromatic rings. The topological polar surface area (TPSA) is 85.1 Å². The molecule has 0 radical (unpaired) electrons. The van der Waals surface area contributed by atoms with Crippen molar-refractivity contribution in [3.8, 4) is 0 Å². The van der Waals surface area contributed by atoms with Crippen LogP contribution in [0.1, 0.15) is 16.8 Å². The summed E-state index contributed by atoms with van der Waals surface area (Å²) in [5, 5.41) is 13.4. The molecular weight excluding hydrogens is 258 g/mol. The molecule has 0 atom stereocenters. The van der Waals surface area contributed by atoms with Gasteiger partial charge in [0.15, 0.2) is 5.78 Å². The van der Waals surface area contributed by atoms with E-state index in [0.29, 0.717) is 24.3 Å². The third-order valence-electron chi connectivity index (χ3n) is 2.71. The molecule has 0 spiro atoms. The fraction of sp³-hybridized carbons (Fsp3) is 0.143. The fourth-order valence-electron chi connectivity index (χ4n) is 1.67. The van der Waals surface area contributed by atoms with Gasteiger partial charge in [0.05, 0.1) is 4.92 Å². The van der Waals surface area contributed by atoms with Gasteiger partial charge in [0.2, 0.25) is 0 Å². The lowest BCUT2D eigenvalue weighted by Crippen LogP contribution is -2.09. The number of anilines is 1. The van der Waals surface area contributed by atoms with Crippen LogP contribution in [0.15, 0.2) is 48.7 Å². The minimum atomic E-state index is -0.504. The first-order valence-corrected chi connectivity index (χ1v) is 6.09. The van der Waals surface area contributed by atoms with Crippen molar-refractivity contribution in [2.24, 2.45) is 0 Å². The molecule has 1 aromatic carbocycles. The van der Waals surface area contributed by atoms with Crippen molar-refractivity contribution in [1.82, 2.24) is 4.98 Å². The van der Waals surface area contributed by atoms with Crippen LogP contribution in [0.4, 0.5) is 11.5 Å². The van der Waals surface area contributed by atoms with Gasteiger partial charge < -0.3 is 5.32 Å². The molecular formula is C14H13N3O3. The highest BCUT2D eigenvalue weighted by Crippen LogP contribution is 2.12. The summed E-state index contributed by atoms with van der Waals surface area (Å²) in [6.07, 6.45) is 1.52. The maximum atomic E-state index is 11.8. The van der Waals surface area contributed by atoms with Crippen LogP contribution in [-0.4, -0.2) is 22.2 Å². The van der Waals surface area contributed by atoms with E-state index in [-0.39, 0.29) is 11.5 Å². The first kappa shape index (κ1) is 13.7. The molecule has 2 rings (SSSR count). The Morgan fingerprint density at radius 3 is 2.55 bits per heavy atom. The van der Waals surface area contributed by atoms with Crippen molar-refractivity contribution < 1.29 is 9.72 Å². The largest absolute Gasteiger partial charge is 0.370 e. The summed E-state index contributed by atoms with van der Waals surface area (Å²) in [6.45, 7) is 0.429. The monoisotopic (exact) mass is 271 g/mol. The summed E-state index contributed by atoms with van der Waals surface area (Å²) >= 11 is 0. The normalized spacial score (nSPS) is 10.0. The summed E-state index contributed by atoms with van der Waals surface area (Å²) in [7, 11) is 0. The Bertz CT molecular complexity index is 597. The minimum absolute atomic E-state index is 0.0417. The third kappa shape index (κ3) is 3.61. The number of aromatic nitrogens is 1. The van der Waals surface area contributed by atoms with E-state index in [1.165, 1.54) is 18.3 Å². The number of carbonyl (C=O) groups is 1. The van der Waals surface area contributed by atoms with Crippen molar-refractivity contribution in [3.63, 3.8) is 0 Å². The molecule has 0 saturated heterocycles. The second kappa shape index (κ2) is 6.42.